The fourth-order valence-electron chi connectivity index (χ4n) is 2.88. The Morgan fingerprint density at radius 3 is 2.83 bits per heavy atom. The number of urea groups is 1. The van der Waals surface area contributed by atoms with Crippen molar-refractivity contribution in [1.82, 2.24) is 9.88 Å². The summed E-state index contributed by atoms with van der Waals surface area (Å²) in [5.74, 6) is -0.203. The van der Waals surface area contributed by atoms with E-state index in [-0.39, 0.29) is 17.8 Å². The fourth-order valence-corrected chi connectivity index (χ4v) is 2.88. The standard InChI is InChI=1S/C17H18FN3O2/c1-23-16-5-4-12(11-14(16)18)15-3-2-10-21(15)17(22)20-13-6-8-19-9-7-13/h4-9,11,15H,2-3,10H2,1H3,(H,19,20,22). The van der Waals surface area contributed by atoms with Crippen LogP contribution in [0.1, 0.15) is 24.4 Å². The summed E-state index contributed by atoms with van der Waals surface area (Å²) in [6, 6.07) is 8.01. The van der Waals surface area contributed by atoms with Crippen LogP contribution in [0.4, 0.5) is 14.9 Å². The van der Waals surface area contributed by atoms with Gasteiger partial charge in [-0.25, -0.2) is 9.18 Å². The minimum Gasteiger partial charge on any atom is -0.494 e. The molecule has 1 unspecified atom stereocenters. The summed E-state index contributed by atoms with van der Waals surface area (Å²) >= 11 is 0. The largest absolute Gasteiger partial charge is 0.494 e. The predicted octanol–water partition coefficient (Wildman–Crippen LogP) is 3.60. The molecule has 5 nitrogen and oxygen atoms in total. The number of aromatic nitrogens is 1. The van der Waals surface area contributed by atoms with E-state index in [9.17, 15) is 9.18 Å². The topological polar surface area (TPSA) is 54.5 Å². The van der Waals surface area contributed by atoms with Crippen LogP contribution >= 0.6 is 0 Å². The molecule has 0 radical (unpaired) electrons. The van der Waals surface area contributed by atoms with Crippen molar-refractivity contribution in [3.63, 3.8) is 0 Å². The van der Waals surface area contributed by atoms with Gasteiger partial charge in [0.15, 0.2) is 11.6 Å². The molecular weight excluding hydrogens is 297 g/mol. The van der Waals surface area contributed by atoms with Crippen LogP contribution in [-0.2, 0) is 0 Å². The van der Waals surface area contributed by atoms with Gasteiger partial charge < -0.3 is 15.0 Å². The number of nitrogens with one attached hydrogen (secondary N) is 1. The molecule has 6 heteroatoms. The molecule has 3 rings (SSSR count). The van der Waals surface area contributed by atoms with Gasteiger partial charge in [-0.3, -0.25) is 4.98 Å². The van der Waals surface area contributed by atoms with Gasteiger partial charge in [0.25, 0.3) is 0 Å². The Balaban J connectivity index is 1.77. The predicted molar refractivity (Wildman–Crippen MR) is 84.9 cm³/mol. The van der Waals surface area contributed by atoms with Gasteiger partial charge in [0.2, 0.25) is 0 Å². The molecule has 0 bridgehead atoms. The Kier molecular flexibility index (Phi) is 4.41. The van der Waals surface area contributed by atoms with Crippen LogP contribution < -0.4 is 10.1 Å². The minimum absolute atomic E-state index is 0.128. The van der Waals surface area contributed by atoms with E-state index >= 15 is 0 Å². The third-order valence-corrected chi connectivity index (χ3v) is 4.01. The van der Waals surface area contributed by atoms with Crippen molar-refractivity contribution in [2.45, 2.75) is 18.9 Å². The van der Waals surface area contributed by atoms with Crippen molar-refractivity contribution >= 4 is 11.7 Å². The maximum absolute atomic E-state index is 13.9. The molecule has 0 aliphatic carbocycles. The highest BCUT2D eigenvalue weighted by Crippen LogP contribution is 2.34. The van der Waals surface area contributed by atoms with Crippen LogP contribution in [0, 0.1) is 5.82 Å². The number of carbonyl (C=O) groups excluding carboxylic acids is 1. The van der Waals surface area contributed by atoms with Crippen LogP contribution in [-0.4, -0.2) is 29.6 Å². The van der Waals surface area contributed by atoms with E-state index in [2.05, 4.69) is 10.3 Å². The van der Waals surface area contributed by atoms with Gasteiger partial charge in [0.05, 0.1) is 13.2 Å². The van der Waals surface area contributed by atoms with Gasteiger partial charge in [0, 0.05) is 24.6 Å². The van der Waals surface area contributed by atoms with Gasteiger partial charge in [-0.1, -0.05) is 6.07 Å². The Morgan fingerprint density at radius 1 is 1.35 bits per heavy atom. The van der Waals surface area contributed by atoms with E-state index in [0.29, 0.717) is 12.2 Å². The number of amides is 2. The Morgan fingerprint density at radius 2 is 2.13 bits per heavy atom. The average Bonchev–Trinajstić information content (AvgIpc) is 3.05. The van der Waals surface area contributed by atoms with Crippen LogP contribution in [0.5, 0.6) is 5.75 Å². The molecular formula is C17H18FN3O2. The Bertz CT molecular complexity index is 693. The van der Waals surface area contributed by atoms with Gasteiger partial charge in [-0.2, -0.15) is 0 Å². The molecule has 120 valence electrons. The molecule has 1 atom stereocenters. The molecule has 2 heterocycles. The molecule has 1 aromatic heterocycles. The molecule has 1 aliphatic rings. The molecule has 1 aliphatic heterocycles. The minimum atomic E-state index is -0.411. The fraction of sp³-hybridized carbons (Fsp3) is 0.294. The second-order valence-electron chi connectivity index (χ2n) is 5.41. The van der Waals surface area contributed by atoms with E-state index in [1.165, 1.54) is 13.2 Å². The third kappa shape index (κ3) is 3.26. The molecule has 0 saturated carbocycles. The summed E-state index contributed by atoms with van der Waals surface area (Å²) in [6.07, 6.45) is 4.95. The number of rotatable bonds is 3. The number of ether oxygens (including phenoxy) is 1. The van der Waals surface area contributed by atoms with Crippen molar-refractivity contribution in [2.24, 2.45) is 0 Å². The maximum Gasteiger partial charge on any atom is 0.322 e. The highest BCUT2D eigenvalue weighted by Gasteiger charge is 2.30. The first-order valence-electron chi connectivity index (χ1n) is 7.50. The molecule has 0 spiro atoms. The number of hydrogen-bond acceptors (Lipinski definition) is 3. The summed E-state index contributed by atoms with van der Waals surface area (Å²) in [7, 11) is 1.43. The number of hydrogen-bond donors (Lipinski definition) is 1. The molecule has 1 aromatic carbocycles. The zero-order chi connectivity index (χ0) is 16.2. The van der Waals surface area contributed by atoms with Gasteiger partial charge in [-0.05, 0) is 42.7 Å². The summed E-state index contributed by atoms with van der Waals surface area (Å²) in [4.78, 5) is 18.1. The number of nitrogens with zero attached hydrogens (tertiary/aromatic N) is 2. The highest BCUT2D eigenvalue weighted by atomic mass is 19.1. The number of pyridine rings is 1. The van der Waals surface area contributed by atoms with Crippen molar-refractivity contribution in [1.29, 1.82) is 0 Å². The number of likely N-dealkylation sites (tertiary alicyclic amines) is 1. The highest BCUT2D eigenvalue weighted by molar-refractivity contribution is 5.89. The number of carbonyl (C=O) groups is 1. The SMILES string of the molecule is COc1ccc(C2CCCN2C(=O)Nc2ccncc2)cc1F. The first-order chi connectivity index (χ1) is 11.2. The van der Waals surface area contributed by atoms with E-state index in [0.717, 1.165) is 18.4 Å². The van der Waals surface area contributed by atoms with Crippen molar-refractivity contribution in [2.75, 3.05) is 19.0 Å². The normalized spacial score (nSPS) is 17.1. The smallest absolute Gasteiger partial charge is 0.322 e. The van der Waals surface area contributed by atoms with E-state index in [4.69, 9.17) is 4.74 Å². The molecule has 1 saturated heterocycles. The van der Waals surface area contributed by atoms with Gasteiger partial charge in [-0.15, -0.1) is 0 Å². The number of methoxy groups -OCH3 is 1. The van der Waals surface area contributed by atoms with Crippen molar-refractivity contribution in [3.05, 3.63) is 54.1 Å². The monoisotopic (exact) mass is 315 g/mol. The lowest BCUT2D eigenvalue weighted by Gasteiger charge is -2.25. The molecule has 1 N–H and O–H groups in total. The Hall–Kier alpha value is -2.63. The van der Waals surface area contributed by atoms with Crippen molar-refractivity contribution in [3.8, 4) is 5.75 Å². The first kappa shape index (κ1) is 15.3. The van der Waals surface area contributed by atoms with Crippen molar-refractivity contribution < 1.29 is 13.9 Å². The van der Waals surface area contributed by atoms with Gasteiger partial charge in [0.1, 0.15) is 0 Å². The third-order valence-electron chi connectivity index (χ3n) is 4.01. The van der Waals surface area contributed by atoms with Gasteiger partial charge >= 0.3 is 6.03 Å². The quantitative estimate of drug-likeness (QED) is 0.941. The lowest BCUT2D eigenvalue weighted by atomic mass is 10.0. The van der Waals surface area contributed by atoms with Crippen LogP contribution in [0.25, 0.3) is 0 Å². The number of anilines is 1. The lowest BCUT2D eigenvalue weighted by Crippen LogP contribution is -2.34. The van der Waals surface area contributed by atoms with Crippen LogP contribution in [0.2, 0.25) is 0 Å². The number of halogens is 1. The van der Waals surface area contributed by atoms with Crippen LogP contribution in [0.3, 0.4) is 0 Å². The summed E-state index contributed by atoms with van der Waals surface area (Å²) in [5.41, 5.74) is 1.47. The molecule has 23 heavy (non-hydrogen) atoms. The molecule has 2 aromatic rings. The zero-order valence-electron chi connectivity index (χ0n) is 12.8. The van der Waals surface area contributed by atoms with E-state index < -0.39 is 5.82 Å². The maximum atomic E-state index is 13.9. The summed E-state index contributed by atoms with van der Waals surface area (Å²) in [5, 5.41) is 2.85. The molecule has 2 amide bonds. The van der Waals surface area contributed by atoms with E-state index in [1.807, 2.05) is 6.07 Å². The lowest BCUT2D eigenvalue weighted by molar-refractivity contribution is 0.207. The second-order valence-corrected chi connectivity index (χ2v) is 5.41. The second kappa shape index (κ2) is 6.64. The number of benzene rings is 1. The molecule has 1 fully saturated rings. The zero-order valence-corrected chi connectivity index (χ0v) is 12.8. The summed E-state index contributed by atoms with van der Waals surface area (Å²) in [6.45, 7) is 0.648. The van der Waals surface area contributed by atoms with Crippen LogP contribution in [0.15, 0.2) is 42.7 Å². The van der Waals surface area contributed by atoms with E-state index in [1.54, 1.807) is 35.5 Å². The Labute approximate surface area is 134 Å². The summed E-state index contributed by atoms with van der Waals surface area (Å²) < 4.78 is 18.9. The average molecular weight is 315 g/mol. The first-order valence-corrected chi connectivity index (χ1v) is 7.50.